The molecule has 0 aromatic carbocycles. The Bertz CT molecular complexity index is 318. The maximum absolute atomic E-state index is 12.4. The summed E-state index contributed by atoms with van der Waals surface area (Å²) in [6.07, 6.45) is 1.16. The molecule has 0 aliphatic carbocycles. The van der Waals surface area contributed by atoms with E-state index in [0.717, 1.165) is 19.6 Å². The van der Waals surface area contributed by atoms with Crippen LogP contribution in [0.1, 0.15) is 26.7 Å². The van der Waals surface area contributed by atoms with Gasteiger partial charge in [-0.15, -0.1) is 0 Å². The van der Waals surface area contributed by atoms with Gasteiger partial charge in [-0.1, -0.05) is 0 Å². The molecule has 2 aliphatic rings. The summed E-state index contributed by atoms with van der Waals surface area (Å²) in [5, 5.41) is 6.08. The zero-order valence-corrected chi connectivity index (χ0v) is 10.6. The van der Waals surface area contributed by atoms with Gasteiger partial charge in [-0.25, -0.2) is 0 Å². The van der Waals surface area contributed by atoms with Crippen molar-refractivity contribution in [2.24, 2.45) is 5.92 Å². The highest BCUT2D eigenvalue weighted by Crippen LogP contribution is 2.22. The van der Waals surface area contributed by atoms with Gasteiger partial charge in [-0.2, -0.15) is 0 Å². The fourth-order valence-electron chi connectivity index (χ4n) is 2.56. The first-order chi connectivity index (χ1) is 8.00. The molecule has 1 atom stereocenters. The molecule has 2 N–H and O–H groups in total. The summed E-state index contributed by atoms with van der Waals surface area (Å²) in [4.78, 5) is 25.5. The summed E-state index contributed by atoms with van der Waals surface area (Å²) in [6, 6.07) is 0. The van der Waals surface area contributed by atoms with Crippen LogP contribution in [-0.2, 0) is 9.59 Å². The third-order valence-corrected chi connectivity index (χ3v) is 3.68. The number of amides is 2. The van der Waals surface area contributed by atoms with Crippen LogP contribution < -0.4 is 10.6 Å². The normalized spacial score (nSPS) is 28.7. The molecular weight excluding hydrogens is 218 g/mol. The minimum Gasteiger partial charge on any atom is -0.355 e. The molecular formula is C12H21N3O2. The van der Waals surface area contributed by atoms with Gasteiger partial charge in [-0.05, 0) is 20.3 Å². The van der Waals surface area contributed by atoms with E-state index < -0.39 is 0 Å². The summed E-state index contributed by atoms with van der Waals surface area (Å²) >= 11 is 0. The second-order valence-electron chi connectivity index (χ2n) is 5.52. The average molecular weight is 239 g/mol. The predicted molar refractivity (Wildman–Crippen MR) is 64.4 cm³/mol. The lowest BCUT2D eigenvalue weighted by Gasteiger charge is -2.44. The molecule has 0 spiro atoms. The molecule has 2 fully saturated rings. The lowest BCUT2D eigenvalue weighted by atomic mass is 9.93. The Kier molecular flexibility index (Phi) is 3.38. The molecule has 2 saturated heterocycles. The van der Waals surface area contributed by atoms with Crippen molar-refractivity contribution < 1.29 is 9.59 Å². The molecule has 2 aliphatic heterocycles. The van der Waals surface area contributed by atoms with E-state index in [2.05, 4.69) is 24.5 Å². The molecule has 2 heterocycles. The second-order valence-corrected chi connectivity index (χ2v) is 5.52. The molecule has 0 saturated carbocycles. The monoisotopic (exact) mass is 239 g/mol. The van der Waals surface area contributed by atoms with Gasteiger partial charge in [0.1, 0.15) is 0 Å². The van der Waals surface area contributed by atoms with Gasteiger partial charge >= 0.3 is 0 Å². The molecule has 0 aromatic rings. The maximum atomic E-state index is 12.4. The molecule has 5 nitrogen and oxygen atoms in total. The van der Waals surface area contributed by atoms with Crippen LogP contribution in [0.2, 0.25) is 0 Å². The standard InChI is InChI=1S/C12H21N3O2/c1-12(2)8-13-5-6-15(12)11(17)9-3-4-10(16)14-7-9/h9,13H,3-8H2,1-2H3,(H,14,16). The van der Waals surface area contributed by atoms with Crippen molar-refractivity contribution in [1.29, 1.82) is 0 Å². The summed E-state index contributed by atoms with van der Waals surface area (Å²) in [6.45, 7) is 7.11. The SMILES string of the molecule is CC1(C)CNCCN1C(=O)C1CCC(=O)NC1. The molecule has 1 unspecified atom stereocenters. The number of nitrogens with zero attached hydrogens (tertiary/aromatic N) is 1. The number of nitrogens with one attached hydrogen (secondary N) is 2. The van der Waals surface area contributed by atoms with Crippen molar-refractivity contribution in [1.82, 2.24) is 15.5 Å². The Hall–Kier alpha value is -1.10. The van der Waals surface area contributed by atoms with E-state index in [1.807, 2.05) is 4.90 Å². The number of rotatable bonds is 1. The van der Waals surface area contributed by atoms with Crippen LogP contribution in [0, 0.1) is 5.92 Å². The van der Waals surface area contributed by atoms with E-state index in [4.69, 9.17) is 0 Å². The van der Waals surface area contributed by atoms with E-state index >= 15 is 0 Å². The largest absolute Gasteiger partial charge is 0.355 e. The average Bonchev–Trinajstić information content (AvgIpc) is 2.28. The molecule has 5 heteroatoms. The van der Waals surface area contributed by atoms with Crippen molar-refractivity contribution in [3.05, 3.63) is 0 Å². The first-order valence-electron chi connectivity index (χ1n) is 6.29. The summed E-state index contributed by atoms with van der Waals surface area (Å²) in [5.41, 5.74) is -0.128. The first kappa shape index (κ1) is 12.4. The highest BCUT2D eigenvalue weighted by molar-refractivity contribution is 5.84. The molecule has 0 radical (unpaired) electrons. The van der Waals surface area contributed by atoms with Crippen molar-refractivity contribution in [3.8, 4) is 0 Å². The third kappa shape index (κ3) is 2.60. The molecule has 2 amide bonds. The Balaban J connectivity index is 2.01. The van der Waals surface area contributed by atoms with Crippen LogP contribution in [0.15, 0.2) is 0 Å². The van der Waals surface area contributed by atoms with Gasteiger partial charge in [0.2, 0.25) is 11.8 Å². The Labute approximate surface area is 102 Å². The van der Waals surface area contributed by atoms with Crippen LogP contribution >= 0.6 is 0 Å². The van der Waals surface area contributed by atoms with Crippen LogP contribution in [0.5, 0.6) is 0 Å². The summed E-state index contributed by atoms with van der Waals surface area (Å²) in [5.74, 6) is 0.218. The maximum Gasteiger partial charge on any atom is 0.228 e. The van der Waals surface area contributed by atoms with Crippen LogP contribution in [0.4, 0.5) is 0 Å². The number of carbonyl (C=O) groups is 2. The molecule has 0 aromatic heterocycles. The Morgan fingerprint density at radius 3 is 2.82 bits per heavy atom. The fraction of sp³-hybridized carbons (Fsp3) is 0.833. The van der Waals surface area contributed by atoms with E-state index in [9.17, 15) is 9.59 Å². The van der Waals surface area contributed by atoms with Crippen molar-refractivity contribution in [2.45, 2.75) is 32.2 Å². The predicted octanol–water partition coefficient (Wildman–Crippen LogP) is -0.277. The smallest absolute Gasteiger partial charge is 0.228 e. The fourth-order valence-corrected chi connectivity index (χ4v) is 2.56. The van der Waals surface area contributed by atoms with Gasteiger partial charge in [-0.3, -0.25) is 9.59 Å². The number of piperidine rings is 1. The Morgan fingerprint density at radius 1 is 1.47 bits per heavy atom. The van der Waals surface area contributed by atoms with Gasteiger partial charge in [0.15, 0.2) is 0 Å². The van der Waals surface area contributed by atoms with Crippen LogP contribution in [0.3, 0.4) is 0 Å². The molecule has 2 rings (SSSR count). The second kappa shape index (κ2) is 4.64. The topological polar surface area (TPSA) is 61.4 Å². The van der Waals surface area contributed by atoms with Gasteiger partial charge in [0.25, 0.3) is 0 Å². The van der Waals surface area contributed by atoms with E-state index in [-0.39, 0.29) is 23.3 Å². The number of hydrogen-bond donors (Lipinski definition) is 2. The third-order valence-electron chi connectivity index (χ3n) is 3.68. The quantitative estimate of drug-likeness (QED) is 0.662. The number of carbonyl (C=O) groups excluding carboxylic acids is 2. The van der Waals surface area contributed by atoms with Crippen LogP contribution in [-0.4, -0.2) is 48.4 Å². The van der Waals surface area contributed by atoms with Crippen LogP contribution in [0.25, 0.3) is 0 Å². The molecule has 96 valence electrons. The van der Waals surface area contributed by atoms with E-state index in [1.54, 1.807) is 0 Å². The highest BCUT2D eigenvalue weighted by atomic mass is 16.2. The van der Waals surface area contributed by atoms with E-state index in [1.165, 1.54) is 0 Å². The van der Waals surface area contributed by atoms with Gasteiger partial charge in [0, 0.05) is 38.1 Å². The first-order valence-corrected chi connectivity index (χ1v) is 6.29. The highest BCUT2D eigenvalue weighted by Gasteiger charge is 2.37. The summed E-state index contributed by atoms with van der Waals surface area (Å²) < 4.78 is 0. The van der Waals surface area contributed by atoms with Gasteiger partial charge < -0.3 is 15.5 Å². The lowest BCUT2D eigenvalue weighted by molar-refractivity contribution is -0.143. The zero-order chi connectivity index (χ0) is 12.5. The van der Waals surface area contributed by atoms with Crippen molar-refractivity contribution >= 4 is 11.8 Å². The number of piperazine rings is 1. The van der Waals surface area contributed by atoms with Crippen molar-refractivity contribution in [2.75, 3.05) is 26.2 Å². The lowest BCUT2D eigenvalue weighted by Crippen LogP contribution is -2.62. The minimum absolute atomic E-state index is 0.0370. The van der Waals surface area contributed by atoms with Crippen molar-refractivity contribution in [3.63, 3.8) is 0 Å². The Morgan fingerprint density at radius 2 is 2.24 bits per heavy atom. The zero-order valence-electron chi connectivity index (χ0n) is 10.6. The van der Waals surface area contributed by atoms with Gasteiger partial charge in [0.05, 0.1) is 5.92 Å². The minimum atomic E-state index is -0.128. The molecule has 17 heavy (non-hydrogen) atoms. The molecule has 0 bridgehead atoms. The van der Waals surface area contributed by atoms with E-state index in [0.29, 0.717) is 19.4 Å². The number of hydrogen-bond acceptors (Lipinski definition) is 3. The summed E-state index contributed by atoms with van der Waals surface area (Å²) in [7, 11) is 0.